The van der Waals surface area contributed by atoms with Gasteiger partial charge in [-0.1, -0.05) is 6.92 Å². The zero-order chi connectivity index (χ0) is 10.4. The number of nitrogens with zero attached hydrogens (tertiary/aromatic N) is 2. The molecule has 1 amide bonds. The maximum atomic E-state index is 11.5. The van der Waals surface area contributed by atoms with Crippen molar-refractivity contribution >= 4 is 5.91 Å². The molecule has 1 atom stereocenters. The van der Waals surface area contributed by atoms with Crippen LogP contribution in [0.25, 0.3) is 0 Å². The summed E-state index contributed by atoms with van der Waals surface area (Å²) in [6, 6.07) is 4.91. The average Bonchev–Trinajstić information content (AvgIpc) is 2.26. The van der Waals surface area contributed by atoms with Crippen LogP contribution in [-0.2, 0) is 0 Å². The molecule has 1 aromatic rings. The molecule has 1 rings (SSSR count). The van der Waals surface area contributed by atoms with Crippen LogP contribution in [0.4, 0.5) is 0 Å². The molecule has 0 saturated heterocycles. The highest BCUT2D eigenvalue weighted by atomic mass is 16.1. The first kappa shape index (κ1) is 10.2. The molecule has 4 heteroatoms. The second-order valence-electron chi connectivity index (χ2n) is 2.81. The average molecular weight is 189 g/mol. The van der Waals surface area contributed by atoms with Crippen molar-refractivity contribution in [1.82, 2.24) is 10.3 Å². The largest absolute Gasteiger partial charge is 0.336 e. The van der Waals surface area contributed by atoms with E-state index in [0.717, 1.165) is 0 Å². The maximum Gasteiger partial charge on any atom is 0.253 e. The molecule has 0 fully saturated rings. The SMILES string of the molecule is CCC(C#N)NC(=O)c1cccnc1. The van der Waals surface area contributed by atoms with E-state index in [4.69, 9.17) is 5.26 Å². The van der Waals surface area contributed by atoms with Crippen LogP contribution in [0.5, 0.6) is 0 Å². The molecule has 4 nitrogen and oxygen atoms in total. The van der Waals surface area contributed by atoms with Crippen LogP contribution in [0, 0.1) is 11.3 Å². The van der Waals surface area contributed by atoms with Gasteiger partial charge in [0.15, 0.2) is 0 Å². The molecular formula is C10H11N3O. The van der Waals surface area contributed by atoms with E-state index in [2.05, 4.69) is 10.3 Å². The van der Waals surface area contributed by atoms with Crippen molar-refractivity contribution in [2.24, 2.45) is 0 Å². The van der Waals surface area contributed by atoms with Crippen LogP contribution in [-0.4, -0.2) is 16.9 Å². The standard InChI is InChI=1S/C10H11N3O/c1-2-9(6-11)13-10(14)8-4-3-5-12-7-8/h3-5,7,9H,2H2,1H3,(H,13,14). The van der Waals surface area contributed by atoms with Crippen molar-refractivity contribution in [1.29, 1.82) is 5.26 Å². The van der Waals surface area contributed by atoms with E-state index in [9.17, 15) is 4.79 Å². The minimum absolute atomic E-state index is 0.258. The fraction of sp³-hybridized carbons (Fsp3) is 0.300. The Bertz CT molecular complexity index is 342. The van der Waals surface area contributed by atoms with E-state index in [-0.39, 0.29) is 5.91 Å². The molecule has 72 valence electrons. The summed E-state index contributed by atoms with van der Waals surface area (Å²) >= 11 is 0. The van der Waals surface area contributed by atoms with Gasteiger partial charge in [-0.2, -0.15) is 5.26 Å². The van der Waals surface area contributed by atoms with Crippen LogP contribution in [0.2, 0.25) is 0 Å². The topological polar surface area (TPSA) is 65.8 Å². The molecule has 0 aromatic carbocycles. The lowest BCUT2D eigenvalue weighted by Gasteiger charge is -2.08. The van der Waals surface area contributed by atoms with E-state index in [0.29, 0.717) is 12.0 Å². The minimum atomic E-state index is -0.428. The summed E-state index contributed by atoms with van der Waals surface area (Å²) in [5.74, 6) is -0.258. The third-order valence-corrected chi connectivity index (χ3v) is 1.79. The lowest BCUT2D eigenvalue weighted by atomic mass is 10.2. The summed E-state index contributed by atoms with van der Waals surface area (Å²) in [6.45, 7) is 1.84. The number of nitriles is 1. The van der Waals surface area contributed by atoms with Gasteiger partial charge in [0.1, 0.15) is 6.04 Å². The van der Waals surface area contributed by atoms with Crippen molar-refractivity contribution in [3.63, 3.8) is 0 Å². The summed E-state index contributed by atoms with van der Waals surface area (Å²) in [4.78, 5) is 15.3. The second kappa shape index (κ2) is 4.97. The molecule has 1 heterocycles. The van der Waals surface area contributed by atoms with Gasteiger partial charge in [0, 0.05) is 12.4 Å². The number of amides is 1. The van der Waals surface area contributed by atoms with E-state index < -0.39 is 6.04 Å². The molecule has 0 spiro atoms. The van der Waals surface area contributed by atoms with Crippen molar-refractivity contribution < 1.29 is 4.79 Å². The monoisotopic (exact) mass is 189 g/mol. The number of hydrogen-bond donors (Lipinski definition) is 1. The molecule has 1 aromatic heterocycles. The molecule has 0 saturated carbocycles. The molecule has 0 aliphatic rings. The number of carbonyl (C=O) groups excluding carboxylic acids is 1. The molecule has 0 bridgehead atoms. The Morgan fingerprint density at radius 2 is 2.57 bits per heavy atom. The van der Waals surface area contributed by atoms with E-state index in [1.54, 1.807) is 18.3 Å². The number of rotatable bonds is 3. The molecule has 14 heavy (non-hydrogen) atoms. The number of aromatic nitrogens is 1. The molecule has 0 aliphatic carbocycles. The number of pyridine rings is 1. The number of hydrogen-bond acceptors (Lipinski definition) is 3. The van der Waals surface area contributed by atoms with Gasteiger partial charge in [-0.25, -0.2) is 0 Å². The summed E-state index contributed by atoms with van der Waals surface area (Å²) in [5, 5.41) is 11.2. The van der Waals surface area contributed by atoms with Crippen LogP contribution in [0.3, 0.4) is 0 Å². The van der Waals surface area contributed by atoms with Gasteiger partial charge >= 0.3 is 0 Å². The first-order chi connectivity index (χ1) is 6.77. The van der Waals surface area contributed by atoms with Crippen LogP contribution in [0.15, 0.2) is 24.5 Å². The predicted octanol–water partition coefficient (Wildman–Crippen LogP) is 1.11. The van der Waals surface area contributed by atoms with Crippen molar-refractivity contribution in [3.05, 3.63) is 30.1 Å². The van der Waals surface area contributed by atoms with Crippen LogP contribution >= 0.6 is 0 Å². The Labute approximate surface area is 82.6 Å². The van der Waals surface area contributed by atoms with Gasteiger partial charge < -0.3 is 5.32 Å². The molecule has 0 aliphatic heterocycles. The van der Waals surface area contributed by atoms with Gasteiger partial charge in [0.05, 0.1) is 11.6 Å². The third kappa shape index (κ3) is 2.56. The zero-order valence-electron chi connectivity index (χ0n) is 7.90. The first-order valence-corrected chi connectivity index (χ1v) is 4.38. The predicted molar refractivity (Wildman–Crippen MR) is 51.4 cm³/mol. The van der Waals surface area contributed by atoms with Crippen molar-refractivity contribution in [2.45, 2.75) is 19.4 Å². The van der Waals surface area contributed by atoms with E-state index >= 15 is 0 Å². The summed E-state index contributed by atoms with van der Waals surface area (Å²) in [7, 11) is 0. The second-order valence-corrected chi connectivity index (χ2v) is 2.81. The van der Waals surface area contributed by atoms with Gasteiger partial charge in [0.25, 0.3) is 5.91 Å². The Hall–Kier alpha value is -1.89. The van der Waals surface area contributed by atoms with Gasteiger partial charge in [-0.15, -0.1) is 0 Å². The Morgan fingerprint density at radius 3 is 3.07 bits per heavy atom. The quantitative estimate of drug-likeness (QED) is 0.774. The van der Waals surface area contributed by atoms with E-state index in [1.807, 2.05) is 13.0 Å². The van der Waals surface area contributed by atoms with Gasteiger partial charge in [-0.3, -0.25) is 9.78 Å². The maximum absolute atomic E-state index is 11.5. The van der Waals surface area contributed by atoms with Gasteiger partial charge in [0.2, 0.25) is 0 Å². The van der Waals surface area contributed by atoms with Crippen molar-refractivity contribution in [2.75, 3.05) is 0 Å². The zero-order valence-corrected chi connectivity index (χ0v) is 7.90. The summed E-state index contributed by atoms with van der Waals surface area (Å²) in [6.07, 6.45) is 3.67. The Morgan fingerprint density at radius 1 is 1.79 bits per heavy atom. The fourth-order valence-electron chi connectivity index (χ4n) is 0.964. The summed E-state index contributed by atoms with van der Waals surface area (Å²) < 4.78 is 0. The molecule has 1 unspecified atom stereocenters. The highest BCUT2D eigenvalue weighted by molar-refractivity contribution is 5.94. The lowest BCUT2D eigenvalue weighted by molar-refractivity contribution is 0.0944. The van der Waals surface area contributed by atoms with Gasteiger partial charge in [-0.05, 0) is 18.6 Å². The fourth-order valence-corrected chi connectivity index (χ4v) is 0.964. The Kier molecular flexibility index (Phi) is 3.62. The van der Waals surface area contributed by atoms with Crippen LogP contribution < -0.4 is 5.32 Å². The molecule has 0 radical (unpaired) electrons. The highest BCUT2D eigenvalue weighted by Crippen LogP contribution is 1.97. The summed E-state index contributed by atoms with van der Waals surface area (Å²) in [5.41, 5.74) is 0.473. The smallest absolute Gasteiger partial charge is 0.253 e. The Balaban J connectivity index is 2.64. The number of nitrogens with one attached hydrogen (secondary N) is 1. The van der Waals surface area contributed by atoms with Crippen LogP contribution in [0.1, 0.15) is 23.7 Å². The molecular weight excluding hydrogens is 178 g/mol. The third-order valence-electron chi connectivity index (χ3n) is 1.79. The minimum Gasteiger partial charge on any atom is -0.336 e. The molecule has 1 N–H and O–H groups in total. The lowest BCUT2D eigenvalue weighted by Crippen LogP contribution is -2.33. The number of carbonyl (C=O) groups is 1. The normalized spacial score (nSPS) is 11.4. The van der Waals surface area contributed by atoms with Crippen molar-refractivity contribution in [3.8, 4) is 6.07 Å². The first-order valence-electron chi connectivity index (χ1n) is 4.38. The highest BCUT2D eigenvalue weighted by Gasteiger charge is 2.10. The van der Waals surface area contributed by atoms with E-state index in [1.165, 1.54) is 6.20 Å².